The zero-order valence-electron chi connectivity index (χ0n) is 12.3. The van der Waals surface area contributed by atoms with Gasteiger partial charge in [-0.1, -0.05) is 12.1 Å². The van der Waals surface area contributed by atoms with Crippen LogP contribution in [0.25, 0.3) is 0 Å². The Bertz CT molecular complexity index is 683. The number of ether oxygens (including phenoxy) is 1. The van der Waals surface area contributed by atoms with Crippen molar-refractivity contribution in [1.82, 2.24) is 0 Å². The predicted molar refractivity (Wildman–Crippen MR) is 80.1 cm³/mol. The van der Waals surface area contributed by atoms with Crippen molar-refractivity contribution in [2.75, 3.05) is 5.32 Å². The van der Waals surface area contributed by atoms with Crippen molar-refractivity contribution in [3.63, 3.8) is 0 Å². The molecule has 1 N–H and O–H groups in total. The van der Waals surface area contributed by atoms with Gasteiger partial charge in [0.2, 0.25) is 0 Å². The van der Waals surface area contributed by atoms with E-state index in [4.69, 9.17) is 4.74 Å². The minimum atomic E-state index is -0.951. The van der Waals surface area contributed by atoms with Crippen LogP contribution >= 0.6 is 0 Å². The Morgan fingerprint density at radius 3 is 2.55 bits per heavy atom. The number of nitrogens with zero attached hydrogens (tertiary/aromatic N) is 1. The van der Waals surface area contributed by atoms with E-state index < -0.39 is 18.0 Å². The molecule has 1 atom stereocenters. The number of hydrogen-bond donors (Lipinski definition) is 1. The fourth-order valence-electron chi connectivity index (χ4n) is 1.80. The molecule has 114 valence electrons. The first-order chi connectivity index (χ1) is 10.5. The number of anilines is 1. The molecule has 0 saturated heterocycles. The first kappa shape index (κ1) is 15.5. The average molecular weight is 300 g/mol. The molecule has 0 spiro atoms. The monoisotopic (exact) mass is 300 g/mol. The van der Waals surface area contributed by atoms with Gasteiger partial charge in [0.15, 0.2) is 18.5 Å². The minimum Gasteiger partial charge on any atom is -0.619 e. The lowest BCUT2D eigenvalue weighted by Gasteiger charge is -2.13. The Hall–Kier alpha value is -2.89. The van der Waals surface area contributed by atoms with Crippen LogP contribution in [0.2, 0.25) is 0 Å². The van der Waals surface area contributed by atoms with Crippen LogP contribution in [-0.4, -0.2) is 18.0 Å². The van der Waals surface area contributed by atoms with Gasteiger partial charge in [0.1, 0.15) is 0 Å². The second-order valence-corrected chi connectivity index (χ2v) is 4.85. The summed E-state index contributed by atoms with van der Waals surface area (Å²) in [5, 5.41) is 13.6. The molecule has 1 heterocycles. The van der Waals surface area contributed by atoms with Crippen molar-refractivity contribution in [2.24, 2.45) is 0 Å². The summed E-state index contributed by atoms with van der Waals surface area (Å²) < 4.78 is 5.64. The predicted octanol–water partition coefficient (Wildman–Crippen LogP) is 1.81. The first-order valence-corrected chi connectivity index (χ1v) is 6.73. The normalized spacial score (nSPS) is 11.5. The van der Waals surface area contributed by atoms with Crippen LogP contribution in [0.3, 0.4) is 0 Å². The number of aromatic nitrogens is 1. The molecule has 0 fully saturated rings. The summed E-state index contributed by atoms with van der Waals surface area (Å²) in [4.78, 5) is 23.9. The summed E-state index contributed by atoms with van der Waals surface area (Å²) in [6, 6.07) is 9.97. The van der Waals surface area contributed by atoms with E-state index in [1.54, 1.807) is 6.07 Å². The number of carbonyl (C=O) groups excluding carboxylic acids is 2. The van der Waals surface area contributed by atoms with Crippen molar-refractivity contribution in [1.29, 1.82) is 0 Å². The topological polar surface area (TPSA) is 82.3 Å². The highest BCUT2D eigenvalue weighted by atomic mass is 16.5. The van der Waals surface area contributed by atoms with Crippen molar-refractivity contribution >= 4 is 17.6 Å². The molecule has 0 aliphatic carbocycles. The average Bonchev–Trinajstić information content (AvgIpc) is 2.47. The number of amides is 1. The Balaban J connectivity index is 1.96. The standard InChI is InChI=1S/C16H16N2O4/c1-11-4-3-5-14(10-11)17-15(19)12(2)22-16(20)13-6-8-18(21)9-7-13/h3-10,12H,1-2H3,(H,17,19). The number of esters is 1. The van der Waals surface area contributed by atoms with E-state index in [9.17, 15) is 14.8 Å². The fourth-order valence-corrected chi connectivity index (χ4v) is 1.80. The van der Waals surface area contributed by atoms with Gasteiger partial charge in [-0.3, -0.25) is 4.79 Å². The van der Waals surface area contributed by atoms with Gasteiger partial charge in [-0.25, -0.2) is 4.79 Å². The highest BCUT2D eigenvalue weighted by molar-refractivity contribution is 5.97. The molecule has 2 rings (SSSR count). The molecule has 1 aromatic heterocycles. The fraction of sp³-hybridized carbons (Fsp3) is 0.188. The van der Waals surface area contributed by atoms with E-state index >= 15 is 0 Å². The van der Waals surface area contributed by atoms with Crippen molar-refractivity contribution in [2.45, 2.75) is 20.0 Å². The van der Waals surface area contributed by atoms with Gasteiger partial charge in [-0.05, 0) is 31.5 Å². The molecule has 0 saturated carbocycles. The largest absolute Gasteiger partial charge is 0.619 e. The van der Waals surface area contributed by atoms with E-state index in [2.05, 4.69) is 5.32 Å². The quantitative estimate of drug-likeness (QED) is 0.530. The maximum atomic E-state index is 12.0. The highest BCUT2D eigenvalue weighted by Crippen LogP contribution is 2.11. The molecule has 2 aromatic rings. The number of rotatable bonds is 4. The van der Waals surface area contributed by atoms with Gasteiger partial charge in [0, 0.05) is 17.8 Å². The summed E-state index contributed by atoms with van der Waals surface area (Å²) in [6.07, 6.45) is 1.43. The van der Waals surface area contributed by atoms with Crippen LogP contribution < -0.4 is 10.0 Å². The Morgan fingerprint density at radius 1 is 1.23 bits per heavy atom. The molecule has 1 unspecified atom stereocenters. The van der Waals surface area contributed by atoms with Crippen LogP contribution in [-0.2, 0) is 9.53 Å². The summed E-state index contributed by atoms with van der Waals surface area (Å²) in [7, 11) is 0. The number of aryl methyl sites for hydroxylation is 1. The zero-order valence-corrected chi connectivity index (χ0v) is 12.3. The molecule has 0 bridgehead atoms. The Kier molecular flexibility index (Phi) is 4.73. The number of pyridine rings is 1. The number of benzene rings is 1. The molecule has 0 radical (unpaired) electrons. The highest BCUT2D eigenvalue weighted by Gasteiger charge is 2.19. The molecular formula is C16H16N2O4. The van der Waals surface area contributed by atoms with Gasteiger partial charge in [0.25, 0.3) is 5.91 Å². The number of nitrogens with one attached hydrogen (secondary N) is 1. The third kappa shape index (κ3) is 4.05. The van der Waals surface area contributed by atoms with Gasteiger partial charge in [-0.15, -0.1) is 0 Å². The lowest BCUT2D eigenvalue weighted by Crippen LogP contribution is -2.30. The maximum Gasteiger partial charge on any atom is 0.339 e. The molecule has 1 aromatic carbocycles. The summed E-state index contributed by atoms with van der Waals surface area (Å²) in [5.41, 5.74) is 1.86. The summed E-state index contributed by atoms with van der Waals surface area (Å²) in [5.74, 6) is -1.08. The van der Waals surface area contributed by atoms with Gasteiger partial charge >= 0.3 is 5.97 Å². The number of hydrogen-bond acceptors (Lipinski definition) is 4. The molecule has 6 heteroatoms. The maximum absolute atomic E-state index is 12.0. The van der Waals surface area contributed by atoms with Crippen LogP contribution in [0.1, 0.15) is 22.8 Å². The second-order valence-electron chi connectivity index (χ2n) is 4.85. The van der Waals surface area contributed by atoms with Crippen molar-refractivity contribution in [3.8, 4) is 0 Å². The Labute approximate surface area is 127 Å². The van der Waals surface area contributed by atoms with E-state index in [0.717, 1.165) is 5.56 Å². The molecule has 6 nitrogen and oxygen atoms in total. The van der Waals surface area contributed by atoms with Crippen molar-refractivity contribution in [3.05, 3.63) is 65.1 Å². The van der Waals surface area contributed by atoms with E-state index in [1.165, 1.54) is 31.5 Å². The zero-order chi connectivity index (χ0) is 16.1. The summed E-state index contributed by atoms with van der Waals surface area (Å²) in [6.45, 7) is 3.40. The van der Waals surface area contributed by atoms with Crippen molar-refractivity contribution < 1.29 is 19.1 Å². The minimum absolute atomic E-state index is 0.210. The van der Waals surface area contributed by atoms with Crippen LogP contribution in [0.15, 0.2) is 48.8 Å². The SMILES string of the molecule is Cc1cccc(NC(=O)C(C)OC(=O)c2cc[n+]([O-])cc2)c1. The smallest absolute Gasteiger partial charge is 0.339 e. The van der Waals surface area contributed by atoms with Gasteiger partial charge in [-0.2, -0.15) is 4.73 Å². The third-order valence-corrected chi connectivity index (χ3v) is 2.98. The Morgan fingerprint density at radius 2 is 1.91 bits per heavy atom. The third-order valence-electron chi connectivity index (χ3n) is 2.98. The van der Waals surface area contributed by atoms with E-state index in [0.29, 0.717) is 10.4 Å². The van der Waals surface area contributed by atoms with Crippen LogP contribution in [0.5, 0.6) is 0 Å². The van der Waals surface area contributed by atoms with Gasteiger partial charge < -0.3 is 15.3 Å². The molecule has 22 heavy (non-hydrogen) atoms. The molecule has 0 aliphatic rings. The molecule has 0 aliphatic heterocycles. The van der Waals surface area contributed by atoms with E-state index in [1.807, 2.05) is 25.1 Å². The van der Waals surface area contributed by atoms with Crippen LogP contribution in [0, 0.1) is 12.1 Å². The lowest BCUT2D eigenvalue weighted by molar-refractivity contribution is -0.605. The summed E-state index contributed by atoms with van der Waals surface area (Å²) >= 11 is 0. The second kappa shape index (κ2) is 6.71. The molecule has 1 amide bonds. The van der Waals surface area contributed by atoms with E-state index in [-0.39, 0.29) is 5.56 Å². The van der Waals surface area contributed by atoms with Gasteiger partial charge in [0.05, 0.1) is 5.56 Å². The molecular weight excluding hydrogens is 284 g/mol. The van der Waals surface area contributed by atoms with Crippen LogP contribution in [0.4, 0.5) is 5.69 Å². The lowest BCUT2D eigenvalue weighted by atomic mass is 10.2. The first-order valence-electron chi connectivity index (χ1n) is 6.73. The number of carbonyl (C=O) groups is 2.